The monoisotopic (exact) mass is 230 g/mol. The Kier molecular flexibility index (Phi) is 3.25. The number of carbonyl (C=O) groups is 1. The van der Waals surface area contributed by atoms with E-state index in [0.29, 0.717) is 12.5 Å². The third-order valence-corrected chi connectivity index (χ3v) is 2.07. The maximum absolute atomic E-state index is 10.6. The molecule has 0 aliphatic heterocycles. The van der Waals surface area contributed by atoms with E-state index in [1.807, 2.05) is 12.1 Å². The Morgan fingerprint density at radius 2 is 2.06 bits per heavy atom. The van der Waals surface area contributed by atoms with Gasteiger partial charge in [-0.15, -0.1) is 0 Å². The summed E-state index contributed by atoms with van der Waals surface area (Å²) in [7, 11) is 0. The van der Waals surface area contributed by atoms with Crippen LogP contribution in [0.1, 0.15) is 15.9 Å². The molecule has 2 aromatic heterocycles. The van der Waals surface area contributed by atoms with E-state index in [1.54, 1.807) is 12.4 Å². The molecule has 6 heteroatoms. The maximum atomic E-state index is 10.6. The molecule has 2 rings (SSSR count). The number of nitrogens with zero attached hydrogens (tertiary/aromatic N) is 3. The molecule has 2 aromatic rings. The van der Waals surface area contributed by atoms with Gasteiger partial charge < -0.3 is 10.4 Å². The predicted molar refractivity (Wildman–Crippen MR) is 60.6 cm³/mol. The van der Waals surface area contributed by atoms with Crippen LogP contribution in [-0.2, 0) is 6.54 Å². The Hall–Kier alpha value is -2.50. The first-order chi connectivity index (χ1) is 8.25. The van der Waals surface area contributed by atoms with Crippen molar-refractivity contribution < 1.29 is 9.90 Å². The number of aromatic carboxylic acids is 1. The Labute approximate surface area is 97.4 Å². The fourth-order valence-electron chi connectivity index (χ4n) is 1.21. The van der Waals surface area contributed by atoms with E-state index >= 15 is 0 Å². The largest absolute Gasteiger partial charge is 0.478 e. The van der Waals surface area contributed by atoms with Crippen molar-refractivity contribution in [2.45, 2.75) is 6.54 Å². The standard InChI is InChI=1S/C11H10N4O2/c16-10(17)9-6-14-11(15-7-9)13-5-8-2-1-3-12-4-8/h1-4,6-7H,5H2,(H,16,17)(H,13,14,15). The van der Waals surface area contributed by atoms with Crippen molar-refractivity contribution >= 4 is 11.9 Å². The number of carboxylic acids is 1. The second-order valence-electron chi connectivity index (χ2n) is 3.32. The van der Waals surface area contributed by atoms with Crippen molar-refractivity contribution in [3.8, 4) is 0 Å². The number of hydrogen-bond donors (Lipinski definition) is 2. The second-order valence-corrected chi connectivity index (χ2v) is 3.32. The van der Waals surface area contributed by atoms with E-state index in [9.17, 15) is 4.79 Å². The average molecular weight is 230 g/mol. The van der Waals surface area contributed by atoms with Gasteiger partial charge in [0.25, 0.3) is 0 Å². The molecule has 0 saturated carbocycles. The predicted octanol–water partition coefficient (Wildman–Crippen LogP) is 1.18. The van der Waals surface area contributed by atoms with Gasteiger partial charge in [-0.2, -0.15) is 0 Å². The second kappa shape index (κ2) is 5.02. The first-order valence-corrected chi connectivity index (χ1v) is 4.94. The summed E-state index contributed by atoms with van der Waals surface area (Å²) >= 11 is 0. The summed E-state index contributed by atoms with van der Waals surface area (Å²) < 4.78 is 0. The van der Waals surface area contributed by atoms with Crippen LogP contribution in [0.4, 0.5) is 5.95 Å². The highest BCUT2D eigenvalue weighted by atomic mass is 16.4. The highest BCUT2D eigenvalue weighted by Crippen LogP contribution is 2.03. The quantitative estimate of drug-likeness (QED) is 0.820. The molecule has 17 heavy (non-hydrogen) atoms. The normalized spacial score (nSPS) is 9.88. The van der Waals surface area contributed by atoms with Crippen LogP contribution in [0, 0.1) is 0 Å². The molecule has 0 aliphatic carbocycles. The zero-order valence-corrected chi connectivity index (χ0v) is 8.87. The van der Waals surface area contributed by atoms with Gasteiger partial charge in [-0.3, -0.25) is 4.98 Å². The average Bonchev–Trinajstić information content (AvgIpc) is 2.38. The van der Waals surface area contributed by atoms with Crippen molar-refractivity contribution in [2.24, 2.45) is 0 Å². The van der Waals surface area contributed by atoms with Gasteiger partial charge in [-0.1, -0.05) is 6.07 Å². The minimum Gasteiger partial charge on any atom is -0.478 e. The lowest BCUT2D eigenvalue weighted by Gasteiger charge is -2.03. The highest BCUT2D eigenvalue weighted by molar-refractivity contribution is 5.86. The summed E-state index contributed by atoms with van der Waals surface area (Å²) in [6.45, 7) is 0.542. The number of carboxylic acid groups (broad SMARTS) is 1. The van der Waals surface area contributed by atoms with Crippen molar-refractivity contribution in [3.63, 3.8) is 0 Å². The van der Waals surface area contributed by atoms with Gasteiger partial charge >= 0.3 is 5.97 Å². The third-order valence-electron chi connectivity index (χ3n) is 2.07. The van der Waals surface area contributed by atoms with Crippen molar-refractivity contribution in [1.82, 2.24) is 15.0 Å². The topological polar surface area (TPSA) is 88.0 Å². The molecule has 0 saturated heterocycles. The highest BCUT2D eigenvalue weighted by Gasteiger charge is 2.03. The molecule has 0 aromatic carbocycles. The van der Waals surface area contributed by atoms with E-state index in [0.717, 1.165) is 5.56 Å². The molecular weight excluding hydrogens is 220 g/mol. The lowest BCUT2D eigenvalue weighted by molar-refractivity contribution is 0.0696. The molecule has 86 valence electrons. The number of rotatable bonds is 4. The van der Waals surface area contributed by atoms with Crippen LogP contribution >= 0.6 is 0 Å². The number of pyridine rings is 1. The Morgan fingerprint density at radius 3 is 2.65 bits per heavy atom. The maximum Gasteiger partial charge on any atom is 0.338 e. The fraction of sp³-hybridized carbons (Fsp3) is 0.0909. The third kappa shape index (κ3) is 2.97. The fourth-order valence-corrected chi connectivity index (χ4v) is 1.21. The summed E-state index contributed by atoms with van der Waals surface area (Å²) in [4.78, 5) is 22.3. The zero-order valence-electron chi connectivity index (χ0n) is 8.87. The van der Waals surface area contributed by atoms with Crippen molar-refractivity contribution in [2.75, 3.05) is 5.32 Å². The summed E-state index contributed by atoms with van der Waals surface area (Å²) in [5.41, 5.74) is 1.07. The van der Waals surface area contributed by atoms with Crippen molar-refractivity contribution in [3.05, 3.63) is 48.0 Å². The molecule has 0 bridgehead atoms. The van der Waals surface area contributed by atoms with Gasteiger partial charge in [-0.05, 0) is 11.6 Å². The van der Waals surface area contributed by atoms with Gasteiger partial charge in [0.05, 0.1) is 5.56 Å². The van der Waals surface area contributed by atoms with Crippen molar-refractivity contribution in [1.29, 1.82) is 0 Å². The molecule has 0 unspecified atom stereocenters. The minimum absolute atomic E-state index is 0.0666. The van der Waals surface area contributed by atoms with Gasteiger partial charge in [0.2, 0.25) is 5.95 Å². The van der Waals surface area contributed by atoms with Crippen LogP contribution in [0.25, 0.3) is 0 Å². The Balaban J connectivity index is 1.98. The number of anilines is 1. The van der Waals surface area contributed by atoms with Gasteiger partial charge in [-0.25, -0.2) is 14.8 Å². The first kappa shape index (κ1) is 11.0. The molecule has 2 heterocycles. The molecule has 2 N–H and O–H groups in total. The molecule has 0 fully saturated rings. The Bertz CT molecular complexity index is 499. The van der Waals surface area contributed by atoms with E-state index in [-0.39, 0.29) is 5.56 Å². The minimum atomic E-state index is -1.04. The smallest absolute Gasteiger partial charge is 0.338 e. The van der Waals surface area contributed by atoms with E-state index in [4.69, 9.17) is 5.11 Å². The molecule has 0 atom stereocenters. The molecule has 0 amide bonds. The summed E-state index contributed by atoms with van der Waals surface area (Å²) in [5, 5.41) is 11.6. The zero-order chi connectivity index (χ0) is 12.1. The van der Waals surface area contributed by atoms with Crippen LogP contribution in [0.5, 0.6) is 0 Å². The number of nitrogens with one attached hydrogen (secondary N) is 1. The number of hydrogen-bond acceptors (Lipinski definition) is 5. The van der Waals surface area contributed by atoms with Crippen LogP contribution in [0.2, 0.25) is 0 Å². The molecule has 0 radical (unpaired) electrons. The van der Waals surface area contributed by atoms with E-state index < -0.39 is 5.97 Å². The van der Waals surface area contributed by atoms with E-state index in [1.165, 1.54) is 12.4 Å². The van der Waals surface area contributed by atoms with Gasteiger partial charge in [0.1, 0.15) is 0 Å². The van der Waals surface area contributed by atoms with Crippen LogP contribution in [0.3, 0.4) is 0 Å². The van der Waals surface area contributed by atoms with E-state index in [2.05, 4.69) is 20.3 Å². The summed E-state index contributed by atoms with van der Waals surface area (Å²) in [5.74, 6) is -0.650. The van der Waals surface area contributed by atoms with Crippen LogP contribution in [0.15, 0.2) is 36.9 Å². The summed E-state index contributed by atoms with van der Waals surface area (Å²) in [6, 6.07) is 3.76. The molecular formula is C11H10N4O2. The van der Waals surface area contributed by atoms with Crippen LogP contribution in [-0.4, -0.2) is 26.0 Å². The molecule has 6 nitrogen and oxygen atoms in total. The SMILES string of the molecule is O=C(O)c1cnc(NCc2cccnc2)nc1. The molecule has 0 spiro atoms. The van der Waals surface area contributed by atoms with Crippen LogP contribution < -0.4 is 5.32 Å². The lowest BCUT2D eigenvalue weighted by atomic mass is 10.3. The van der Waals surface area contributed by atoms with Gasteiger partial charge in [0.15, 0.2) is 0 Å². The Morgan fingerprint density at radius 1 is 1.29 bits per heavy atom. The number of aromatic nitrogens is 3. The van der Waals surface area contributed by atoms with Gasteiger partial charge in [0, 0.05) is 31.3 Å². The summed E-state index contributed by atoms with van der Waals surface area (Å²) in [6.07, 6.45) is 5.96. The molecule has 0 aliphatic rings. The lowest BCUT2D eigenvalue weighted by Crippen LogP contribution is -2.05. The first-order valence-electron chi connectivity index (χ1n) is 4.94.